The molecule has 0 fully saturated rings. The molecule has 2 heterocycles. The number of aliphatic carboxylic acids is 1. The van der Waals surface area contributed by atoms with Crippen molar-refractivity contribution in [2.24, 2.45) is 0 Å². The van der Waals surface area contributed by atoms with Gasteiger partial charge >= 0.3 is 12.1 Å². The zero-order valence-corrected chi connectivity index (χ0v) is 26.2. The van der Waals surface area contributed by atoms with Crippen molar-refractivity contribution in [1.82, 2.24) is 25.1 Å². The summed E-state index contributed by atoms with van der Waals surface area (Å²) in [4.78, 5) is 47.4. The van der Waals surface area contributed by atoms with Gasteiger partial charge in [-0.1, -0.05) is 67.2 Å². The van der Waals surface area contributed by atoms with Crippen LogP contribution in [0.15, 0.2) is 95.1 Å². The van der Waals surface area contributed by atoms with Crippen LogP contribution < -0.4 is 5.56 Å². The van der Waals surface area contributed by atoms with Crippen molar-refractivity contribution in [3.8, 4) is 11.1 Å². The molecule has 48 heavy (non-hydrogen) atoms. The van der Waals surface area contributed by atoms with E-state index in [4.69, 9.17) is 0 Å². The Morgan fingerprint density at radius 2 is 1.58 bits per heavy atom. The Labute approximate surface area is 276 Å². The van der Waals surface area contributed by atoms with Crippen LogP contribution in [0.1, 0.15) is 46.4 Å². The van der Waals surface area contributed by atoms with E-state index in [1.165, 1.54) is 36.0 Å². The summed E-state index contributed by atoms with van der Waals surface area (Å²) < 4.78 is 52.2. The standard InChI is InChI=1S/C34H29F4N5O4S/c1-20(25-15-39-40-16-25)31-28(41-33(42-32(31)47)48-19-22-4-12-27(35)13-5-22)14-29(44)43(18-30(45)46)17-21-2-6-23(7-3-21)24-8-10-26(11-9-24)34(36,37)38/h2-13,15-16,20H,14,17-19H2,1H3,(H,39,40)(H,45,46)(H,41,42,47). The summed E-state index contributed by atoms with van der Waals surface area (Å²) in [6, 6.07) is 17.3. The number of nitrogens with one attached hydrogen (secondary N) is 2. The minimum Gasteiger partial charge on any atom is -0.480 e. The molecule has 1 atom stereocenters. The van der Waals surface area contributed by atoms with E-state index < -0.39 is 41.6 Å². The number of carboxylic acids is 1. The highest BCUT2D eigenvalue weighted by Crippen LogP contribution is 2.31. The van der Waals surface area contributed by atoms with E-state index in [0.29, 0.717) is 28.0 Å². The molecule has 1 unspecified atom stereocenters. The van der Waals surface area contributed by atoms with Gasteiger partial charge in [0, 0.05) is 30.0 Å². The van der Waals surface area contributed by atoms with Crippen LogP contribution in [-0.2, 0) is 34.5 Å². The second kappa shape index (κ2) is 14.7. The molecule has 3 N–H and O–H groups in total. The quantitative estimate of drug-likeness (QED) is 0.0788. The minimum atomic E-state index is -4.45. The summed E-state index contributed by atoms with van der Waals surface area (Å²) >= 11 is 1.19. The lowest BCUT2D eigenvalue weighted by Crippen LogP contribution is -2.37. The second-order valence-electron chi connectivity index (χ2n) is 11.0. The molecular weight excluding hydrogens is 650 g/mol. The second-order valence-corrected chi connectivity index (χ2v) is 12.0. The Morgan fingerprint density at radius 1 is 0.958 bits per heavy atom. The van der Waals surface area contributed by atoms with Crippen molar-refractivity contribution in [2.75, 3.05) is 6.54 Å². The average molecular weight is 680 g/mol. The summed E-state index contributed by atoms with van der Waals surface area (Å²) in [6.45, 7) is 1.06. The van der Waals surface area contributed by atoms with Crippen LogP contribution >= 0.6 is 11.8 Å². The number of aromatic nitrogens is 4. The SMILES string of the molecule is CC(c1cn[nH]c1)c1c(CC(=O)N(CC(=O)O)Cc2ccc(-c3ccc(C(F)(F)F)cc3)cc2)nc(SCc2ccc(F)cc2)[nH]c1=O. The van der Waals surface area contributed by atoms with Crippen LogP contribution in [0, 0.1) is 5.82 Å². The van der Waals surface area contributed by atoms with Gasteiger partial charge in [-0.2, -0.15) is 18.3 Å². The molecule has 0 bridgehead atoms. The molecular formula is C34H29F4N5O4S. The maximum atomic E-state index is 13.7. The number of carboxylic acid groups (broad SMARTS) is 1. The first-order chi connectivity index (χ1) is 22.9. The van der Waals surface area contributed by atoms with E-state index in [1.807, 2.05) is 0 Å². The van der Waals surface area contributed by atoms with Crippen LogP contribution in [0.3, 0.4) is 0 Å². The summed E-state index contributed by atoms with van der Waals surface area (Å²) in [6.07, 6.45) is -1.65. The Balaban J connectivity index is 1.38. The van der Waals surface area contributed by atoms with E-state index >= 15 is 0 Å². The molecule has 0 aliphatic rings. The van der Waals surface area contributed by atoms with Gasteiger partial charge in [-0.05, 0) is 52.1 Å². The van der Waals surface area contributed by atoms with Crippen LogP contribution in [0.5, 0.6) is 0 Å². The van der Waals surface area contributed by atoms with Crippen molar-refractivity contribution >= 4 is 23.6 Å². The number of amides is 1. The molecule has 3 aromatic carbocycles. The number of hydrogen-bond acceptors (Lipinski definition) is 6. The van der Waals surface area contributed by atoms with E-state index in [-0.39, 0.29) is 35.2 Å². The highest BCUT2D eigenvalue weighted by molar-refractivity contribution is 7.98. The van der Waals surface area contributed by atoms with Gasteiger partial charge in [-0.3, -0.25) is 19.5 Å². The van der Waals surface area contributed by atoms with Gasteiger partial charge in [0.05, 0.1) is 23.9 Å². The fourth-order valence-corrected chi connectivity index (χ4v) is 5.91. The fourth-order valence-electron chi connectivity index (χ4n) is 5.08. The zero-order chi connectivity index (χ0) is 34.4. The largest absolute Gasteiger partial charge is 0.480 e. The predicted molar refractivity (Wildman–Crippen MR) is 171 cm³/mol. The molecule has 2 aromatic heterocycles. The number of alkyl halides is 3. The Hall–Kier alpha value is -5.24. The Morgan fingerprint density at radius 3 is 2.17 bits per heavy atom. The lowest BCUT2D eigenvalue weighted by atomic mass is 9.94. The maximum absolute atomic E-state index is 13.7. The van der Waals surface area contributed by atoms with Gasteiger partial charge in [-0.25, -0.2) is 9.37 Å². The number of aromatic amines is 2. The van der Waals surface area contributed by atoms with Crippen LogP contribution in [0.4, 0.5) is 17.6 Å². The zero-order valence-electron chi connectivity index (χ0n) is 25.4. The number of halogens is 4. The molecule has 5 aromatic rings. The van der Waals surface area contributed by atoms with Gasteiger partial charge in [0.25, 0.3) is 5.56 Å². The van der Waals surface area contributed by atoms with Gasteiger partial charge in [-0.15, -0.1) is 0 Å². The first-order valence-electron chi connectivity index (χ1n) is 14.6. The third-order valence-electron chi connectivity index (χ3n) is 7.62. The molecule has 0 aliphatic carbocycles. The first kappa shape index (κ1) is 34.1. The number of benzene rings is 3. The maximum Gasteiger partial charge on any atom is 0.416 e. The number of hydrogen-bond donors (Lipinski definition) is 3. The molecule has 0 radical (unpaired) electrons. The van der Waals surface area contributed by atoms with Gasteiger partial charge in [0.2, 0.25) is 5.91 Å². The number of carbonyl (C=O) groups excluding carboxylic acids is 1. The number of carbonyl (C=O) groups is 2. The average Bonchev–Trinajstić information content (AvgIpc) is 3.59. The Kier molecular flexibility index (Phi) is 10.4. The fraction of sp³-hybridized carbons (Fsp3) is 0.206. The summed E-state index contributed by atoms with van der Waals surface area (Å²) in [5.74, 6) is -2.36. The van der Waals surface area contributed by atoms with Crippen LogP contribution in [-0.4, -0.2) is 48.6 Å². The van der Waals surface area contributed by atoms with Crippen molar-refractivity contribution < 1.29 is 32.3 Å². The molecule has 5 rings (SSSR count). The molecule has 0 spiro atoms. The summed E-state index contributed by atoms with van der Waals surface area (Å²) in [5.41, 5.74) is 2.42. The molecule has 0 aliphatic heterocycles. The van der Waals surface area contributed by atoms with E-state index in [0.717, 1.165) is 22.6 Å². The molecule has 1 amide bonds. The van der Waals surface area contributed by atoms with Gasteiger partial charge in [0.1, 0.15) is 12.4 Å². The molecule has 9 nitrogen and oxygen atoms in total. The molecule has 0 saturated heterocycles. The van der Waals surface area contributed by atoms with Crippen molar-refractivity contribution in [3.05, 3.63) is 135 Å². The van der Waals surface area contributed by atoms with E-state index in [9.17, 15) is 37.1 Å². The third kappa shape index (κ3) is 8.56. The highest BCUT2D eigenvalue weighted by atomic mass is 32.2. The van der Waals surface area contributed by atoms with Gasteiger partial charge < -0.3 is 15.0 Å². The minimum absolute atomic E-state index is 0.0829. The smallest absolute Gasteiger partial charge is 0.416 e. The van der Waals surface area contributed by atoms with Gasteiger partial charge in [0.15, 0.2) is 5.16 Å². The number of H-pyrrole nitrogens is 2. The van der Waals surface area contributed by atoms with Crippen molar-refractivity contribution in [2.45, 2.75) is 42.9 Å². The lowest BCUT2D eigenvalue weighted by molar-refractivity contribution is -0.144. The molecule has 14 heteroatoms. The summed E-state index contributed by atoms with van der Waals surface area (Å²) in [7, 11) is 0. The van der Waals surface area contributed by atoms with Crippen molar-refractivity contribution in [1.29, 1.82) is 0 Å². The Bertz CT molecular complexity index is 1930. The van der Waals surface area contributed by atoms with E-state index in [2.05, 4.69) is 20.2 Å². The number of thioether (sulfide) groups is 1. The van der Waals surface area contributed by atoms with Crippen molar-refractivity contribution in [3.63, 3.8) is 0 Å². The predicted octanol–water partition coefficient (Wildman–Crippen LogP) is 6.42. The first-order valence-corrected chi connectivity index (χ1v) is 15.6. The van der Waals surface area contributed by atoms with E-state index in [1.54, 1.807) is 55.7 Å². The highest BCUT2D eigenvalue weighted by Gasteiger charge is 2.30. The lowest BCUT2D eigenvalue weighted by Gasteiger charge is -2.22. The number of nitrogens with zero attached hydrogens (tertiary/aromatic N) is 3. The summed E-state index contributed by atoms with van der Waals surface area (Å²) in [5, 5.41) is 16.5. The molecule has 0 saturated carbocycles. The topological polar surface area (TPSA) is 132 Å². The third-order valence-corrected chi connectivity index (χ3v) is 8.57. The van der Waals surface area contributed by atoms with Crippen LogP contribution in [0.2, 0.25) is 0 Å². The normalized spacial score (nSPS) is 12.1. The number of rotatable bonds is 12. The monoisotopic (exact) mass is 679 g/mol. The van der Waals surface area contributed by atoms with Crippen LogP contribution in [0.25, 0.3) is 11.1 Å². The molecule has 248 valence electrons.